The van der Waals surface area contributed by atoms with Crippen molar-refractivity contribution < 1.29 is 24.4 Å². The van der Waals surface area contributed by atoms with Crippen LogP contribution in [0.4, 0.5) is 10.5 Å². The highest BCUT2D eigenvalue weighted by molar-refractivity contribution is 8.18. The molecule has 2 N–H and O–H groups in total. The Bertz CT molecular complexity index is 670. The number of aromatic hydroxyl groups is 1. The molecular formula is C12H10N2O6S. The molecule has 1 aliphatic heterocycles. The van der Waals surface area contributed by atoms with Gasteiger partial charge in [0.05, 0.1) is 22.5 Å². The minimum Gasteiger partial charge on any atom is -0.504 e. The standard InChI is InChI=1S/C12H10N2O6S/c1-2-20-8-5-7(14(18)19)3-6(10(8)15)4-9-11(16)13-12(17)21-9/h3-5,15H,2H2,1H3,(H,13,16,17)/b9-4-. The van der Waals surface area contributed by atoms with Gasteiger partial charge in [0.2, 0.25) is 0 Å². The SMILES string of the molecule is CCOc1cc([N+](=O)[O-])cc(/C=C2\SC(=O)NC2=O)c1O. The fourth-order valence-electron chi connectivity index (χ4n) is 1.66. The van der Waals surface area contributed by atoms with Gasteiger partial charge in [0, 0.05) is 11.6 Å². The lowest BCUT2D eigenvalue weighted by molar-refractivity contribution is -0.385. The summed E-state index contributed by atoms with van der Waals surface area (Å²) in [4.78, 5) is 32.8. The molecule has 0 atom stereocenters. The van der Waals surface area contributed by atoms with Gasteiger partial charge in [-0.15, -0.1) is 0 Å². The number of phenolic OH excluding ortho intramolecular Hbond substituents is 1. The first kappa shape index (κ1) is 14.9. The summed E-state index contributed by atoms with van der Waals surface area (Å²) in [6.45, 7) is 1.87. The van der Waals surface area contributed by atoms with E-state index in [1.54, 1.807) is 6.92 Å². The monoisotopic (exact) mass is 310 g/mol. The van der Waals surface area contributed by atoms with Crippen molar-refractivity contribution in [2.24, 2.45) is 0 Å². The summed E-state index contributed by atoms with van der Waals surface area (Å²) >= 11 is 0.650. The average molecular weight is 310 g/mol. The summed E-state index contributed by atoms with van der Waals surface area (Å²) in [5.41, 5.74) is -0.266. The minimum atomic E-state index is -0.642. The number of benzene rings is 1. The molecular weight excluding hydrogens is 300 g/mol. The Morgan fingerprint density at radius 2 is 2.19 bits per heavy atom. The first-order valence-electron chi connectivity index (χ1n) is 5.81. The van der Waals surface area contributed by atoms with E-state index in [9.17, 15) is 24.8 Å². The molecule has 8 nitrogen and oxygen atoms in total. The van der Waals surface area contributed by atoms with E-state index in [2.05, 4.69) is 5.32 Å². The summed E-state index contributed by atoms with van der Waals surface area (Å²) in [6.07, 6.45) is 1.20. The Kier molecular flexibility index (Phi) is 4.13. The highest BCUT2D eigenvalue weighted by Crippen LogP contribution is 2.37. The third-order valence-electron chi connectivity index (χ3n) is 2.53. The number of hydrogen-bond donors (Lipinski definition) is 2. The molecule has 1 aliphatic rings. The number of phenols is 1. The molecule has 1 heterocycles. The number of nitro benzene ring substituents is 1. The van der Waals surface area contributed by atoms with Crippen molar-refractivity contribution in [3.8, 4) is 11.5 Å². The van der Waals surface area contributed by atoms with E-state index in [1.807, 2.05) is 0 Å². The minimum absolute atomic E-state index is 0.0278. The van der Waals surface area contributed by atoms with Gasteiger partial charge in [0.1, 0.15) is 0 Å². The van der Waals surface area contributed by atoms with Crippen LogP contribution < -0.4 is 10.1 Å². The number of ether oxygens (including phenoxy) is 1. The molecule has 110 valence electrons. The Balaban J connectivity index is 2.52. The first-order valence-corrected chi connectivity index (χ1v) is 6.63. The molecule has 1 fully saturated rings. The molecule has 1 saturated heterocycles. The number of thioether (sulfide) groups is 1. The van der Waals surface area contributed by atoms with Crippen LogP contribution in [-0.4, -0.2) is 27.8 Å². The van der Waals surface area contributed by atoms with Gasteiger partial charge < -0.3 is 9.84 Å². The number of nitrogens with zero attached hydrogens (tertiary/aromatic N) is 1. The van der Waals surface area contributed by atoms with Crippen LogP contribution in [0.3, 0.4) is 0 Å². The number of non-ortho nitro benzene ring substituents is 1. The second-order valence-electron chi connectivity index (χ2n) is 3.92. The fourth-order valence-corrected chi connectivity index (χ4v) is 2.33. The molecule has 1 aromatic carbocycles. The van der Waals surface area contributed by atoms with Gasteiger partial charge >= 0.3 is 0 Å². The van der Waals surface area contributed by atoms with Crippen molar-refractivity contribution >= 4 is 34.7 Å². The highest BCUT2D eigenvalue weighted by Gasteiger charge is 2.26. The molecule has 0 bridgehead atoms. The Hall–Kier alpha value is -2.55. The van der Waals surface area contributed by atoms with Gasteiger partial charge in [0.15, 0.2) is 11.5 Å². The van der Waals surface area contributed by atoms with Crippen LogP contribution in [-0.2, 0) is 4.79 Å². The van der Waals surface area contributed by atoms with Crippen LogP contribution in [0.1, 0.15) is 12.5 Å². The number of nitrogens with one attached hydrogen (secondary N) is 1. The maximum atomic E-state index is 11.5. The van der Waals surface area contributed by atoms with Gasteiger partial charge in [-0.05, 0) is 24.8 Å². The summed E-state index contributed by atoms with van der Waals surface area (Å²) < 4.78 is 5.12. The normalized spacial score (nSPS) is 16.1. The Labute approximate surface area is 122 Å². The van der Waals surface area contributed by atoms with E-state index < -0.39 is 16.1 Å². The van der Waals surface area contributed by atoms with Crippen LogP contribution in [0.2, 0.25) is 0 Å². The van der Waals surface area contributed by atoms with Crippen molar-refractivity contribution in [3.05, 3.63) is 32.7 Å². The van der Waals surface area contributed by atoms with Crippen molar-refractivity contribution in [1.29, 1.82) is 0 Å². The van der Waals surface area contributed by atoms with Gasteiger partial charge in [-0.3, -0.25) is 25.0 Å². The van der Waals surface area contributed by atoms with Crippen molar-refractivity contribution in [2.75, 3.05) is 6.61 Å². The van der Waals surface area contributed by atoms with Gasteiger partial charge in [-0.25, -0.2) is 0 Å². The quantitative estimate of drug-likeness (QED) is 0.496. The van der Waals surface area contributed by atoms with E-state index >= 15 is 0 Å². The molecule has 0 aliphatic carbocycles. The number of carbonyl (C=O) groups is 2. The van der Waals surface area contributed by atoms with Gasteiger partial charge in [-0.1, -0.05) is 0 Å². The Morgan fingerprint density at radius 3 is 2.71 bits per heavy atom. The van der Waals surface area contributed by atoms with E-state index in [0.717, 1.165) is 12.1 Å². The van der Waals surface area contributed by atoms with E-state index in [0.29, 0.717) is 11.8 Å². The summed E-state index contributed by atoms with van der Waals surface area (Å²) in [5.74, 6) is -1.01. The molecule has 0 radical (unpaired) electrons. The second kappa shape index (κ2) is 5.83. The van der Waals surface area contributed by atoms with Crippen LogP contribution in [0.15, 0.2) is 17.0 Å². The molecule has 0 unspecified atom stereocenters. The summed E-state index contributed by atoms with van der Waals surface area (Å²) in [7, 11) is 0. The van der Waals surface area contributed by atoms with Crippen molar-refractivity contribution in [2.45, 2.75) is 6.92 Å². The van der Waals surface area contributed by atoms with Crippen molar-refractivity contribution in [1.82, 2.24) is 5.32 Å². The van der Waals surface area contributed by atoms with Gasteiger partial charge in [0.25, 0.3) is 16.8 Å². The van der Waals surface area contributed by atoms with Crippen LogP contribution >= 0.6 is 11.8 Å². The zero-order valence-electron chi connectivity index (χ0n) is 10.8. The molecule has 9 heteroatoms. The third kappa shape index (κ3) is 3.14. The number of rotatable bonds is 4. The number of imide groups is 1. The lowest BCUT2D eigenvalue weighted by atomic mass is 10.1. The molecule has 21 heavy (non-hydrogen) atoms. The third-order valence-corrected chi connectivity index (χ3v) is 3.34. The number of nitro groups is 1. The predicted octanol–water partition coefficient (Wildman–Crippen LogP) is 2.02. The Morgan fingerprint density at radius 1 is 1.48 bits per heavy atom. The molecule has 1 aromatic rings. The van der Waals surface area contributed by atoms with Crippen LogP contribution in [0.5, 0.6) is 11.5 Å². The van der Waals surface area contributed by atoms with Crippen LogP contribution in [0.25, 0.3) is 6.08 Å². The fraction of sp³-hybridized carbons (Fsp3) is 0.167. The largest absolute Gasteiger partial charge is 0.504 e. The highest BCUT2D eigenvalue weighted by atomic mass is 32.2. The molecule has 2 amide bonds. The van der Waals surface area contributed by atoms with Crippen molar-refractivity contribution in [3.63, 3.8) is 0 Å². The summed E-state index contributed by atoms with van der Waals surface area (Å²) in [6, 6.07) is 2.19. The zero-order valence-corrected chi connectivity index (χ0v) is 11.6. The topological polar surface area (TPSA) is 119 Å². The van der Waals surface area contributed by atoms with E-state index in [4.69, 9.17) is 4.74 Å². The maximum Gasteiger partial charge on any atom is 0.290 e. The molecule has 0 spiro atoms. The van der Waals surface area contributed by atoms with E-state index in [-0.39, 0.29) is 34.3 Å². The zero-order chi connectivity index (χ0) is 15.6. The average Bonchev–Trinajstić information content (AvgIpc) is 2.72. The number of amides is 2. The number of hydrogen-bond acceptors (Lipinski definition) is 7. The number of carbonyl (C=O) groups excluding carboxylic acids is 2. The smallest absolute Gasteiger partial charge is 0.290 e. The maximum absolute atomic E-state index is 11.5. The molecule has 0 saturated carbocycles. The first-order chi connectivity index (χ1) is 9.92. The second-order valence-corrected chi connectivity index (χ2v) is 4.94. The van der Waals surface area contributed by atoms with E-state index in [1.165, 1.54) is 6.08 Å². The molecule has 2 rings (SSSR count). The lowest BCUT2D eigenvalue weighted by Gasteiger charge is -2.08. The predicted molar refractivity (Wildman–Crippen MR) is 75.0 cm³/mol. The lowest BCUT2D eigenvalue weighted by Crippen LogP contribution is -2.17. The summed E-state index contributed by atoms with van der Waals surface area (Å²) in [5, 5.41) is 22.4. The molecule has 0 aromatic heterocycles. The van der Waals surface area contributed by atoms with Gasteiger partial charge in [-0.2, -0.15) is 0 Å². The van der Waals surface area contributed by atoms with Crippen LogP contribution in [0, 0.1) is 10.1 Å².